The van der Waals surface area contributed by atoms with E-state index in [-0.39, 0.29) is 6.03 Å². The number of benzene rings is 1. The molecule has 0 saturated carbocycles. The van der Waals surface area contributed by atoms with Crippen LogP contribution in [0.1, 0.15) is 11.1 Å². The van der Waals surface area contributed by atoms with Gasteiger partial charge in [0.05, 0.1) is 0 Å². The molecule has 1 heterocycles. The van der Waals surface area contributed by atoms with Crippen LogP contribution in [-0.4, -0.2) is 17.6 Å². The molecule has 2 N–H and O–H groups in total. The van der Waals surface area contributed by atoms with Crippen LogP contribution >= 0.6 is 15.9 Å². The monoisotopic (exact) mass is 333 g/mol. The fourth-order valence-electron chi connectivity index (χ4n) is 1.72. The third-order valence-corrected chi connectivity index (χ3v) is 3.34. The van der Waals surface area contributed by atoms with E-state index in [1.54, 1.807) is 12.4 Å². The second kappa shape index (κ2) is 7.65. The van der Waals surface area contributed by atoms with Crippen LogP contribution in [0.3, 0.4) is 0 Å². The molecule has 5 heteroatoms. The van der Waals surface area contributed by atoms with Gasteiger partial charge in [-0.05, 0) is 41.8 Å². The highest BCUT2D eigenvalue weighted by atomic mass is 79.9. The van der Waals surface area contributed by atoms with Gasteiger partial charge in [0.15, 0.2) is 0 Å². The van der Waals surface area contributed by atoms with Crippen LogP contribution in [0.5, 0.6) is 0 Å². The number of carbonyl (C=O) groups is 1. The molecule has 1 aromatic carbocycles. The van der Waals surface area contributed by atoms with Gasteiger partial charge < -0.3 is 10.6 Å². The summed E-state index contributed by atoms with van der Waals surface area (Å²) in [5, 5.41) is 5.66. The number of amides is 2. The molecule has 1 aromatic heterocycles. The lowest BCUT2D eigenvalue weighted by atomic mass is 10.2. The topological polar surface area (TPSA) is 54.0 Å². The van der Waals surface area contributed by atoms with Gasteiger partial charge in [-0.15, -0.1) is 0 Å². The zero-order chi connectivity index (χ0) is 14.2. The summed E-state index contributed by atoms with van der Waals surface area (Å²) in [6.07, 6.45) is 4.31. The number of hydrogen-bond donors (Lipinski definition) is 2. The maximum atomic E-state index is 11.6. The first-order chi connectivity index (χ1) is 9.74. The van der Waals surface area contributed by atoms with Crippen molar-refractivity contribution >= 4 is 22.0 Å². The summed E-state index contributed by atoms with van der Waals surface area (Å²) in [5.74, 6) is 0. The summed E-state index contributed by atoms with van der Waals surface area (Å²) in [6.45, 7) is 1.13. The van der Waals surface area contributed by atoms with Crippen LogP contribution in [0.4, 0.5) is 4.79 Å². The summed E-state index contributed by atoms with van der Waals surface area (Å²) in [7, 11) is 0. The number of halogens is 1. The minimum Gasteiger partial charge on any atom is -0.338 e. The molecule has 4 nitrogen and oxygen atoms in total. The SMILES string of the molecule is O=C(NCCc1ccncc1)NCc1ccc(Br)cc1. The Morgan fingerprint density at radius 2 is 1.70 bits per heavy atom. The number of nitrogens with zero attached hydrogens (tertiary/aromatic N) is 1. The van der Waals surface area contributed by atoms with Gasteiger partial charge in [-0.25, -0.2) is 4.79 Å². The molecule has 0 aliphatic rings. The lowest BCUT2D eigenvalue weighted by molar-refractivity contribution is 0.240. The molecule has 104 valence electrons. The Morgan fingerprint density at radius 1 is 1.00 bits per heavy atom. The van der Waals surface area contributed by atoms with E-state index in [9.17, 15) is 4.79 Å². The molecule has 20 heavy (non-hydrogen) atoms. The van der Waals surface area contributed by atoms with Gasteiger partial charge in [-0.1, -0.05) is 28.1 Å². The summed E-state index contributed by atoms with van der Waals surface area (Å²) in [6, 6.07) is 11.6. The second-order valence-electron chi connectivity index (χ2n) is 4.34. The molecule has 0 spiro atoms. The van der Waals surface area contributed by atoms with Crippen molar-refractivity contribution in [2.45, 2.75) is 13.0 Å². The van der Waals surface area contributed by atoms with Crippen LogP contribution in [0.25, 0.3) is 0 Å². The first-order valence-electron chi connectivity index (χ1n) is 6.39. The molecule has 2 amide bonds. The number of pyridine rings is 1. The van der Waals surface area contributed by atoms with Crippen LogP contribution in [0.15, 0.2) is 53.3 Å². The molecule has 0 aliphatic heterocycles. The van der Waals surface area contributed by atoms with E-state index in [0.29, 0.717) is 13.1 Å². The van der Waals surface area contributed by atoms with E-state index in [4.69, 9.17) is 0 Å². The number of carbonyl (C=O) groups excluding carboxylic acids is 1. The molecule has 0 atom stereocenters. The smallest absolute Gasteiger partial charge is 0.315 e. The average Bonchev–Trinajstić information content (AvgIpc) is 2.48. The highest BCUT2D eigenvalue weighted by Gasteiger charge is 2.00. The van der Waals surface area contributed by atoms with Crippen LogP contribution in [0.2, 0.25) is 0 Å². The van der Waals surface area contributed by atoms with E-state index in [2.05, 4.69) is 31.5 Å². The zero-order valence-corrected chi connectivity index (χ0v) is 12.6. The Kier molecular flexibility index (Phi) is 5.55. The third-order valence-electron chi connectivity index (χ3n) is 2.81. The molecule has 0 unspecified atom stereocenters. The number of hydrogen-bond acceptors (Lipinski definition) is 2. The Labute approximate surface area is 126 Å². The van der Waals surface area contributed by atoms with Crippen molar-refractivity contribution in [2.75, 3.05) is 6.54 Å². The molecule has 2 aromatic rings. The van der Waals surface area contributed by atoms with Crippen molar-refractivity contribution in [3.63, 3.8) is 0 Å². The van der Waals surface area contributed by atoms with E-state index >= 15 is 0 Å². The Hall–Kier alpha value is -1.88. The van der Waals surface area contributed by atoms with Crippen molar-refractivity contribution in [1.82, 2.24) is 15.6 Å². The molecule has 0 saturated heterocycles. The van der Waals surface area contributed by atoms with Gasteiger partial charge in [0.1, 0.15) is 0 Å². The van der Waals surface area contributed by atoms with Crippen LogP contribution in [0, 0.1) is 0 Å². The normalized spacial score (nSPS) is 10.1. The molecule has 0 radical (unpaired) electrons. The average molecular weight is 334 g/mol. The third kappa shape index (κ3) is 5.01. The Bertz CT molecular complexity index is 543. The van der Waals surface area contributed by atoms with E-state index in [0.717, 1.165) is 22.0 Å². The summed E-state index contributed by atoms with van der Waals surface area (Å²) >= 11 is 3.38. The van der Waals surface area contributed by atoms with Crippen molar-refractivity contribution < 1.29 is 4.79 Å². The Balaban J connectivity index is 1.67. The maximum Gasteiger partial charge on any atom is 0.315 e. The summed E-state index contributed by atoms with van der Waals surface area (Å²) in [4.78, 5) is 15.6. The predicted molar refractivity (Wildman–Crippen MR) is 82.3 cm³/mol. The van der Waals surface area contributed by atoms with Crippen molar-refractivity contribution in [2.24, 2.45) is 0 Å². The highest BCUT2D eigenvalue weighted by molar-refractivity contribution is 9.10. The van der Waals surface area contributed by atoms with Crippen molar-refractivity contribution in [3.8, 4) is 0 Å². The maximum absolute atomic E-state index is 11.6. The Morgan fingerprint density at radius 3 is 2.40 bits per heavy atom. The lowest BCUT2D eigenvalue weighted by Crippen LogP contribution is -2.36. The molecule has 0 bridgehead atoms. The van der Waals surface area contributed by atoms with Gasteiger partial charge in [0.25, 0.3) is 0 Å². The van der Waals surface area contributed by atoms with E-state index in [1.165, 1.54) is 0 Å². The first-order valence-corrected chi connectivity index (χ1v) is 7.18. The number of nitrogens with one attached hydrogen (secondary N) is 2. The largest absolute Gasteiger partial charge is 0.338 e. The standard InChI is InChI=1S/C15H16BrN3O/c16-14-3-1-13(2-4-14)11-19-15(20)18-10-7-12-5-8-17-9-6-12/h1-6,8-9H,7,10-11H2,(H2,18,19,20). The second-order valence-corrected chi connectivity index (χ2v) is 5.26. The molecular weight excluding hydrogens is 318 g/mol. The van der Waals surface area contributed by atoms with Crippen molar-refractivity contribution in [1.29, 1.82) is 0 Å². The van der Waals surface area contributed by atoms with Gasteiger partial charge in [0, 0.05) is 30.0 Å². The van der Waals surface area contributed by atoms with E-state index < -0.39 is 0 Å². The number of aromatic nitrogens is 1. The summed E-state index contributed by atoms with van der Waals surface area (Å²) in [5.41, 5.74) is 2.23. The minimum atomic E-state index is -0.151. The van der Waals surface area contributed by atoms with Gasteiger partial charge in [-0.3, -0.25) is 4.98 Å². The van der Waals surface area contributed by atoms with Crippen molar-refractivity contribution in [3.05, 3.63) is 64.4 Å². The van der Waals surface area contributed by atoms with Crippen LogP contribution in [-0.2, 0) is 13.0 Å². The molecule has 0 fully saturated rings. The minimum absolute atomic E-state index is 0.151. The van der Waals surface area contributed by atoms with E-state index in [1.807, 2.05) is 36.4 Å². The quantitative estimate of drug-likeness (QED) is 0.883. The fraction of sp³-hybridized carbons (Fsp3) is 0.200. The molecule has 0 aliphatic carbocycles. The van der Waals surface area contributed by atoms with Crippen LogP contribution < -0.4 is 10.6 Å². The molecular formula is C15H16BrN3O. The molecule has 2 rings (SSSR count). The number of rotatable bonds is 5. The fourth-order valence-corrected chi connectivity index (χ4v) is 1.98. The van der Waals surface area contributed by atoms with Gasteiger partial charge >= 0.3 is 6.03 Å². The summed E-state index contributed by atoms with van der Waals surface area (Å²) < 4.78 is 1.03. The van der Waals surface area contributed by atoms with Gasteiger partial charge in [-0.2, -0.15) is 0 Å². The number of urea groups is 1. The van der Waals surface area contributed by atoms with Gasteiger partial charge in [0.2, 0.25) is 0 Å². The zero-order valence-electron chi connectivity index (χ0n) is 11.0. The predicted octanol–water partition coefficient (Wildman–Crippen LogP) is 2.89. The lowest BCUT2D eigenvalue weighted by Gasteiger charge is -2.07. The highest BCUT2D eigenvalue weighted by Crippen LogP contribution is 2.10. The first kappa shape index (κ1) is 14.5.